The fraction of sp³-hybridized carbons (Fsp3) is 0.909. The molecule has 0 aromatic heterocycles. The van der Waals surface area contributed by atoms with Crippen molar-refractivity contribution in [1.82, 2.24) is 9.80 Å². The monoisotopic (exact) mass is 196 g/mol. The third-order valence-electron chi connectivity index (χ3n) is 3.49. The number of nitrogens with zero attached hydrogens (tertiary/aromatic N) is 2. The summed E-state index contributed by atoms with van der Waals surface area (Å²) in [4.78, 5) is 16.2. The van der Waals surface area contributed by atoms with E-state index in [9.17, 15) is 4.79 Å². The maximum absolute atomic E-state index is 11.5. The smallest absolute Gasteiger partial charge is 0.222 e. The summed E-state index contributed by atoms with van der Waals surface area (Å²) < 4.78 is 0. The van der Waals surface area contributed by atoms with Crippen molar-refractivity contribution in [1.29, 1.82) is 0 Å². The van der Waals surface area contributed by atoms with Gasteiger partial charge in [0.1, 0.15) is 0 Å². The van der Waals surface area contributed by atoms with Crippen LogP contribution in [0.1, 0.15) is 32.6 Å². The molecule has 2 saturated heterocycles. The van der Waals surface area contributed by atoms with E-state index < -0.39 is 0 Å². The number of carbonyl (C=O) groups excluding carboxylic acids is 1. The molecule has 1 unspecified atom stereocenters. The highest BCUT2D eigenvalue weighted by Crippen LogP contribution is 2.21. The summed E-state index contributed by atoms with van der Waals surface area (Å²) in [5.41, 5.74) is 0. The largest absolute Gasteiger partial charge is 0.340 e. The number of hydrogen-bond donors (Lipinski definition) is 0. The lowest BCUT2D eigenvalue weighted by atomic mass is 9.99. The van der Waals surface area contributed by atoms with Gasteiger partial charge in [-0.05, 0) is 19.4 Å². The lowest BCUT2D eigenvalue weighted by Crippen LogP contribution is -2.56. The molecular weight excluding hydrogens is 176 g/mol. The number of hydrogen-bond acceptors (Lipinski definition) is 2. The average molecular weight is 196 g/mol. The number of rotatable bonds is 1. The number of fused-ring (bicyclic) bond motifs is 1. The van der Waals surface area contributed by atoms with Gasteiger partial charge in [0.15, 0.2) is 0 Å². The highest BCUT2D eigenvalue weighted by atomic mass is 16.2. The zero-order chi connectivity index (χ0) is 9.97. The van der Waals surface area contributed by atoms with Gasteiger partial charge < -0.3 is 4.90 Å². The van der Waals surface area contributed by atoms with Crippen molar-refractivity contribution in [2.45, 2.75) is 38.6 Å². The second-order valence-corrected chi connectivity index (χ2v) is 4.38. The van der Waals surface area contributed by atoms with Gasteiger partial charge in [-0.15, -0.1) is 0 Å². The summed E-state index contributed by atoms with van der Waals surface area (Å²) in [5.74, 6) is 0.329. The lowest BCUT2D eigenvalue weighted by Gasteiger charge is -2.44. The van der Waals surface area contributed by atoms with Crippen LogP contribution in [0.15, 0.2) is 0 Å². The second kappa shape index (κ2) is 4.30. The zero-order valence-electron chi connectivity index (χ0n) is 9.04. The van der Waals surface area contributed by atoms with Crippen LogP contribution in [0.4, 0.5) is 0 Å². The van der Waals surface area contributed by atoms with Crippen LogP contribution in [0.25, 0.3) is 0 Å². The molecule has 2 aliphatic rings. The van der Waals surface area contributed by atoms with Gasteiger partial charge in [0.25, 0.3) is 0 Å². The Morgan fingerprint density at radius 1 is 1.29 bits per heavy atom. The van der Waals surface area contributed by atoms with Gasteiger partial charge in [-0.1, -0.05) is 13.3 Å². The molecule has 0 bridgehead atoms. The molecule has 1 atom stereocenters. The summed E-state index contributed by atoms with van der Waals surface area (Å²) in [5, 5.41) is 0. The Morgan fingerprint density at radius 3 is 2.93 bits per heavy atom. The van der Waals surface area contributed by atoms with Gasteiger partial charge in [0.05, 0.1) is 0 Å². The SMILES string of the molecule is CCC(=O)N1CCN2CCCCC2C1. The third-order valence-corrected chi connectivity index (χ3v) is 3.49. The second-order valence-electron chi connectivity index (χ2n) is 4.38. The third kappa shape index (κ3) is 1.92. The van der Waals surface area contributed by atoms with Crippen molar-refractivity contribution >= 4 is 5.91 Å². The van der Waals surface area contributed by atoms with Crippen LogP contribution in [-0.2, 0) is 4.79 Å². The van der Waals surface area contributed by atoms with Gasteiger partial charge in [-0.3, -0.25) is 9.69 Å². The molecule has 80 valence electrons. The average Bonchev–Trinajstić information content (AvgIpc) is 2.27. The molecule has 0 aliphatic carbocycles. The van der Waals surface area contributed by atoms with Crippen LogP contribution in [0, 0.1) is 0 Å². The molecule has 0 N–H and O–H groups in total. The minimum absolute atomic E-state index is 0.329. The summed E-state index contributed by atoms with van der Waals surface area (Å²) in [6, 6.07) is 0.660. The van der Waals surface area contributed by atoms with Crippen molar-refractivity contribution in [2.75, 3.05) is 26.2 Å². The first-order chi connectivity index (χ1) is 6.81. The normalized spacial score (nSPS) is 28.6. The highest BCUT2D eigenvalue weighted by Gasteiger charge is 2.30. The topological polar surface area (TPSA) is 23.6 Å². The van der Waals surface area contributed by atoms with E-state index >= 15 is 0 Å². The van der Waals surface area contributed by atoms with E-state index in [0.717, 1.165) is 19.6 Å². The molecule has 1 amide bonds. The van der Waals surface area contributed by atoms with Gasteiger partial charge in [-0.25, -0.2) is 0 Å². The van der Waals surface area contributed by atoms with Crippen molar-refractivity contribution in [3.63, 3.8) is 0 Å². The Balaban J connectivity index is 1.92. The van der Waals surface area contributed by atoms with Gasteiger partial charge >= 0.3 is 0 Å². The molecule has 0 aromatic rings. The van der Waals surface area contributed by atoms with Crippen molar-refractivity contribution < 1.29 is 4.79 Å². The van der Waals surface area contributed by atoms with E-state index in [4.69, 9.17) is 0 Å². The van der Waals surface area contributed by atoms with E-state index in [1.165, 1.54) is 25.8 Å². The van der Waals surface area contributed by atoms with Crippen LogP contribution in [0.3, 0.4) is 0 Å². The standard InChI is InChI=1S/C11H20N2O/c1-2-11(14)13-8-7-12-6-4-3-5-10(12)9-13/h10H,2-9H2,1H3. The zero-order valence-corrected chi connectivity index (χ0v) is 9.04. The van der Waals surface area contributed by atoms with Crippen LogP contribution < -0.4 is 0 Å². The predicted molar refractivity (Wildman–Crippen MR) is 56.1 cm³/mol. The van der Waals surface area contributed by atoms with Crippen molar-refractivity contribution in [3.05, 3.63) is 0 Å². The van der Waals surface area contributed by atoms with E-state index in [-0.39, 0.29) is 0 Å². The van der Waals surface area contributed by atoms with Crippen molar-refractivity contribution in [3.8, 4) is 0 Å². The Hall–Kier alpha value is -0.570. The first kappa shape index (κ1) is 9.97. The number of piperidine rings is 1. The first-order valence-corrected chi connectivity index (χ1v) is 5.83. The van der Waals surface area contributed by atoms with Crippen molar-refractivity contribution in [2.24, 2.45) is 0 Å². The molecule has 2 heterocycles. The van der Waals surface area contributed by atoms with Gasteiger partial charge in [0.2, 0.25) is 5.91 Å². The Bertz CT molecular complexity index is 217. The molecule has 0 aromatic carbocycles. The number of carbonyl (C=O) groups is 1. The van der Waals surface area contributed by atoms with Gasteiger partial charge in [0, 0.05) is 32.1 Å². The van der Waals surface area contributed by atoms with Crippen LogP contribution in [0.5, 0.6) is 0 Å². The fourth-order valence-electron chi connectivity index (χ4n) is 2.61. The minimum Gasteiger partial charge on any atom is -0.340 e. The molecule has 2 fully saturated rings. The van der Waals surface area contributed by atoms with Gasteiger partial charge in [-0.2, -0.15) is 0 Å². The molecule has 0 radical (unpaired) electrons. The molecular formula is C11H20N2O. The predicted octanol–water partition coefficient (Wildman–Crippen LogP) is 1.09. The summed E-state index contributed by atoms with van der Waals surface area (Å²) >= 11 is 0. The van der Waals surface area contributed by atoms with Crippen LogP contribution >= 0.6 is 0 Å². The van der Waals surface area contributed by atoms with E-state index in [1.54, 1.807) is 0 Å². The molecule has 0 spiro atoms. The van der Waals surface area contributed by atoms with E-state index in [1.807, 2.05) is 11.8 Å². The quantitative estimate of drug-likeness (QED) is 0.627. The Kier molecular flexibility index (Phi) is 3.06. The van der Waals surface area contributed by atoms with Crippen LogP contribution in [-0.4, -0.2) is 47.9 Å². The Labute approximate surface area is 86.1 Å². The van der Waals surface area contributed by atoms with Crippen LogP contribution in [0.2, 0.25) is 0 Å². The molecule has 3 heteroatoms. The first-order valence-electron chi connectivity index (χ1n) is 5.83. The van der Waals surface area contributed by atoms with E-state index in [0.29, 0.717) is 18.4 Å². The molecule has 2 aliphatic heterocycles. The molecule has 0 saturated carbocycles. The Morgan fingerprint density at radius 2 is 2.14 bits per heavy atom. The summed E-state index contributed by atoms with van der Waals surface area (Å²) in [6.07, 6.45) is 4.63. The molecule has 2 rings (SSSR count). The maximum atomic E-state index is 11.5. The van der Waals surface area contributed by atoms with E-state index in [2.05, 4.69) is 4.90 Å². The lowest BCUT2D eigenvalue weighted by molar-refractivity contribution is -0.134. The summed E-state index contributed by atoms with van der Waals surface area (Å²) in [6.45, 7) is 6.22. The highest BCUT2D eigenvalue weighted by molar-refractivity contribution is 5.75. The number of piperazine rings is 1. The summed E-state index contributed by atoms with van der Waals surface area (Å²) in [7, 11) is 0. The number of amides is 1. The molecule has 3 nitrogen and oxygen atoms in total. The fourth-order valence-corrected chi connectivity index (χ4v) is 2.61. The maximum Gasteiger partial charge on any atom is 0.222 e. The minimum atomic E-state index is 0.329. The molecule has 14 heavy (non-hydrogen) atoms.